The molecule has 1 unspecified atom stereocenters. The molecular weight excluding hydrogens is 264 g/mol. The normalized spacial score (nSPS) is 20.4. The van der Waals surface area contributed by atoms with Crippen molar-refractivity contribution in [1.29, 1.82) is 0 Å². The number of hydrogen-bond donors (Lipinski definition) is 1. The molecule has 19 heavy (non-hydrogen) atoms. The van der Waals surface area contributed by atoms with Crippen LogP contribution in [0, 0.1) is 5.41 Å². The molecule has 1 heterocycles. The summed E-state index contributed by atoms with van der Waals surface area (Å²) in [6.45, 7) is 7.48. The van der Waals surface area contributed by atoms with Crippen molar-refractivity contribution in [3.05, 3.63) is 0 Å². The first-order chi connectivity index (χ1) is 8.94. The van der Waals surface area contributed by atoms with Gasteiger partial charge in [0.15, 0.2) is 0 Å². The van der Waals surface area contributed by atoms with E-state index in [4.69, 9.17) is 0 Å². The van der Waals surface area contributed by atoms with E-state index in [9.17, 15) is 14.4 Å². The SMILES string of the molecule is CCSCC(C)N1C(=O)NC(=O)C(CC)(CC)C1=O. The summed E-state index contributed by atoms with van der Waals surface area (Å²) >= 11 is 1.67. The third-order valence-electron chi connectivity index (χ3n) is 3.71. The number of imide groups is 2. The van der Waals surface area contributed by atoms with Gasteiger partial charge >= 0.3 is 6.03 Å². The molecule has 0 saturated carbocycles. The first-order valence-electron chi connectivity index (χ1n) is 6.71. The second-order valence-corrected chi connectivity index (χ2v) is 6.05. The van der Waals surface area contributed by atoms with Gasteiger partial charge < -0.3 is 0 Å². The Morgan fingerprint density at radius 2 is 1.79 bits per heavy atom. The molecule has 1 N–H and O–H groups in total. The Morgan fingerprint density at radius 3 is 2.26 bits per heavy atom. The number of thioether (sulfide) groups is 1. The molecule has 5 nitrogen and oxygen atoms in total. The molecule has 0 aromatic heterocycles. The molecule has 0 aromatic carbocycles. The standard InChI is InChI=1S/C13H22N2O3S/c1-5-13(6-2)10(16)14-12(18)15(11(13)17)9(4)8-19-7-3/h9H,5-8H2,1-4H3,(H,14,16,18). The highest BCUT2D eigenvalue weighted by atomic mass is 32.2. The van der Waals surface area contributed by atoms with Crippen LogP contribution < -0.4 is 5.32 Å². The third kappa shape index (κ3) is 2.78. The lowest BCUT2D eigenvalue weighted by Gasteiger charge is -2.40. The fourth-order valence-electron chi connectivity index (χ4n) is 2.33. The highest BCUT2D eigenvalue weighted by Gasteiger charge is 2.52. The fraction of sp³-hybridized carbons (Fsp3) is 0.769. The molecular formula is C13H22N2O3S. The summed E-state index contributed by atoms with van der Waals surface area (Å²) < 4.78 is 0. The van der Waals surface area contributed by atoms with Crippen LogP contribution in [0.15, 0.2) is 0 Å². The highest BCUT2D eigenvalue weighted by molar-refractivity contribution is 7.99. The van der Waals surface area contributed by atoms with Crippen LogP contribution in [-0.2, 0) is 9.59 Å². The van der Waals surface area contributed by atoms with Gasteiger partial charge in [-0.2, -0.15) is 11.8 Å². The molecule has 1 fully saturated rings. The minimum Gasteiger partial charge on any atom is -0.277 e. The molecule has 0 aliphatic carbocycles. The number of carbonyl (C=O) groups excluding carboxylic acids is 3. The number of amides is 4. The van der Waals surface area contributed by atoms with Crippen molar-refractivity contribution >= 4 is 29.6 Å². The van der Waals surface area contributed by atoms with E-state index in [0.29, 0.717) is 18.6 Å². The first kappa shape index (κ1) is 16.0. The molecule has 0 radical (unpaired) electrons. The number of barbiturate groups is 1. The van der Waals surface area contributed by atoms with Gasteiger partial charge in [0.2, 0.25) is 11.8 Å². The minimum atomic E-state index is -1.08. The Balaban J connectivity index is 3.01. The van der Waals surface area contributed by atoms with E-state index in [1.807, 2.05) is 13.8 Å². The van der Waals surface area contributed by atoms with E-state index < -0.39 is 17.4 Å². The summed E-state index contributed by atoms with van der Waals surface area (Å²) in [5.74, 6) is 0.807. The molecule has 0 bridgehead atoms. The number of rotatable bonds is 6. The lowest BCUT2D eigenvalue weighted by atomic mass is 9.78. The summed E-state index contributed by atoms with van der Waals surface area (Å²) in [4.78, 5) is 37.7. The van der Waals surface area contributed by atoms with E-state index in [2.05, 4.69) is 5.32 Å². The van der Waals surface area contributed by atoms with Gasteiger partial charge in [0.05, 0.1) is 0 Å². The summed E-state index contributed by atoms with van der Waals surface area (Å²) in [5, 5.41) is 2.33. The quantitative estimate of drug-likeness (QED) is 0.759. The van der Waals surface area contributed by atoms with E-state index >= 15 is 0 Å². The predicted molar refractivity (Wildman–Crippen MR) is 75.9 cm³/mol. The van der Waals surface area contributed by atoms with Crippen LogP contribution in [-0.4, -0.2) is 40.3 Å². The average Bonchev–Trinajstić information content (AvgIpc) is 2.37. The van der Waals surface area contributed by atoms with Crippen molar-refractivity contribution in [2.75, 3.05) is 11.5 Å². The topological polar surface area (TPSA) is 66.5 Å². The second-order valence-electron chi connectivity index (χ2n) is 4.73. The molecule has 6 heteroatoms. The van der Waals surface area contributed by atoms with Crippen LogP contribution in [0.1, 0.15) is 40.5 Å². The number of carbonyl (C=O) groups is 3. The van der Waals surface area contributed by atoms with Crippen molar-refractivity contribution in [3.8, 4) is 0 Å². The average molecular weight is 286 g/mol. The maximum atomic E-state index is 12.6. The largest absolute Gasteiger partial charge is 0.331 e. The Kier molecular flexibility index (Phi) is 5.40. The van der Waals surface area contributed by atoms with Gasteiger partial charge in [-0.1, -0.05) is 20.8 Å². The predicted octanol–water partition coefficient (Wildman–Crippen LogP) is 2.01. The van der Waals surface area contributed by atoms with Gasteiger partial charge in [0, 0.05) is 11.8 Å². The van der Waals surface area contributed by atoms with E-state index in [0.717, 1.165) is 5.75 Å². The van der Waals surface area contributed by atoms with E-state index in [1.54, 1.807) is 25.6 Å². The number of nitrogens with one attached hydrogen (secondary N) is 1. The van der Waals surface area contributed by atoms with Gasteiger partial charge in [0.1, 0.15) is 5.41 Å². The maximum absolute atomic E-state index is 12.6. The molecule has 1 rings (SSSR count). The Morgan fingerprint density at radius 1 is 1.21 bits per heavy atom. The van der Waals surface area contributed by atoms with Gasteiger partial charge in [-0.25, -0.2) is 4.79 Å². The Hall–Kier alpha value is -1.04. The highest BCUT2D eigenvalue weighted by Crippen LogP contribution is 2.33. The van der Waals surface area contributed by atoms with E-state index in [-0.39, 0.29) is 11.9 Å². The van der Waals surface area contributed by atoms with Crippen molar-refractivity contribution in [3.63, 3.8) is 0 Å². The van der Waals surface area contributed by atoms with E-state index in [1.165, 1.54) is 4.90 Å². The zero-order valence-corrected chi connectivity index (χ0v) is 12.8. The zero-order chi connectivity index (χ0) is 14.6. The summed E-state index contributed by atoms with van der Waals surface area (Å²) in [6, 6.07) is -0.792. The molecule has 108 valence electrons. The van der Waals surface area contributed by atoms with Crippen LogP contribution in [0.3, 0.4) is 0 Å². The Labute approximate surface area is 118 Å². The summed E-state index contributed by atoms with van der Waals surface area (Å²) in [6.07, 6.45) is 0.817. The number of urea groups is 1. The van der Waals surface area contributed by atoms with Gasteiger partial charge in [0.25, 0.3) is 0 Å². The first-order valence-corrected chi connectivity index (χ1v) is 7.86. The zero-order valence-electron chi connectivity index (χ0n) is 12.0. The van der Waals surface area contributed by atoms with Crippen molar-refractivity contribution in [2.24, 2.45) is 5.41 Å². The third-order valence-corrected chi connectivity index (χ3v) is 4.84. The second kappa shape index (κ2) is 6.41. The van der Waals surface area contributed by atoms with Gasteiger partial charge in [-0.05, 0) is 25.5 Å². The smallest absolute Gasteiger partial charge is 0.277 e. The van der Waals surface area contributed by atoms with Crippen LogP contribution in [0.5, 0.6) is 0 Å². The minimum absolute atomic E-state index is 0.206. The van der Waals surface area contributed by atoms with Crippen LogP contribution in [0.25, 0.3) is 0 Å². The molecule has 1 aliphatic rings. The summed E-state index contributed by atoms with van der Waals surface area (Å²) in [7, 11) is 0. The monoisotopic (exact) mass is 286 g/mol. The van der Waals surface area contributed by atoms with Crippen LogP contribution in [0.2, 0.25) is 0 Å². The fourth-order valence-corrected chi connectivity index (χ4v) is 3.06. The lowest BCUT2D eigenvalue weighted by molar-refractivity contribution is -0.153. The van der Waals surface area contributed by atoms with Gasteiger partial charge in [-0.3, -0.25) is 19.8 Å². The van der Waals surface area contributed by atoms with Crippen LogP contribution >= 0.6 is 11.8 Å². The molecule has 1 saturated heterocycles. The lowest BCUT2D eigenvalue weighted by Crippen LogP contribution is -2.65. The number of hydrogen-bond acceptors (Lipinski definition) is 4. The molecule has 1 aliphatic heterocycles. The molecule has 0 spiro atoms. The van der Waals surface area contributed by atoms with Crippen molar-refractivity contribution in [2.45, 2.75) is 46.6 Å². The van der Waals surface area contributed by atoms with Crippen molar-refractivity contribution < 1.29 is 14.4 Å². The van der Waals surface area contributed by atoms with Crippen LogP contribution in [0.4, 0.5) is 4.79 Å². The molecule has 1 atom stereocenters. The molecule has 0 aromatic rings. The van der Waals surface area contributed by atoms with Gasteiger partial charge in [-0.15, -0.1) is 0 Å². The molecule has 4 amide bonds. The Bertz CT molecular complexity index is 380. The maximum Gasteiger partial charge on any atom is 0.331 e. The number of nitrogens with zero attached hydrogens (tertiary/aromatic N) is 1. The van der Waals surface area contributed by atoms with Crippen molar-refractivity contribution in [1.82, 2.24) is 10.2 Å². The summed E-state index contributed by atoms with van der Waals surface area (Å²) in [5.41, 5.74) is -1.08.